The van der Waals surface area contributed by atoms with E-state index in [1.54, 1.807) is 6.08 Å². The Bertz CT molecular complexity index is 829. The number of nitrogens with zero attached hydrogens (tertiary/aromatic N) is 1. The molecule has 0 bridgehead atoms. The van der Waals surface area contributed by atoms with Crippen LogP contribution < -0.4 is 4.74 Å². The van der Waals surface area contributed by atoms with Crippen LogP contribution in [0.5, 0.6) is 5.75 Å². The predicted molar refractivity (Wildman–Crippen MR) is 106 cm³/mol. The number of rotatable bonds is 5. The highest BCUT2D eigenvalue weighted by atomic mass is 32.2. The van der Waals surface area contributed by atoms with Crippen molar-refractivity contribution < 1.29 is 19.4 Å². The molecular weight excluding hydrogens is 370 g/mol. The van der Waals surface area contributed by atoms with Crippen molar-refractivity contribution in [1.82, 2.24) is 4.90 Å². The highest BCUT2D eigenvalue weighted by Gasteiger charge is 2.40. The number of ether oxygens (including phenoxy) is 1. The Morgan fingerprint density at radius 2 is 2.15 bits per heavy atom. The third kappa shape index (κ3) is 3.83. The fourth-order valence-electron chi connectivity index (χ4n) is 2.90. The Hall–Kier alpha value is -2.12. The van der Waals surface area contributed by atoms with Gasteiger partial charge in [0.1, 0.15) is 22.7 Å². The molecule has 1 fully saturated rings. The van der Waals surface area contributed by atoms with Crippen LogP contribution in [0.1, 0.15) is 25.8 Å². The Balaban J connectivity index is 1.86. The largest absolute Gasteiger partial charge is 0.488 e. The second-order valence-corrected chi connectivity index (χ2v) is 8.26. The van der Waals surface area contributed by atoms with E-state index in [0.29, 0.717) is 17.9 Å². The van der Waals surface area contributed by atoms with Gasteiger partial charge in [0, 0.05) is 5.56 Å². The number of carboxylic acids is 1. The molecule has 1 amide bonds. The zero-order chi connectivity index (χ0) is 18.8. The van der Waals surface area contributed by atoms with Crippen LogP contribution in [0.2, 0.25) is 0 Å². The minimum Gasteiger partial charge on any atom is -0.488 e. The summed E-state index contributed by atoms with van der Waals surface area (Å²) in [5.74, 6) is -0.450. The molecule has 1 N–H and O–H groups in total. The zero-order valence-electron chi connectivity index (χ0n) is 14.5. The molecule has 0 spiro atoms. The Morgan fingerprint density at radius 1 is 1.42 bits per heavy atom. The van der Waals surface area contributed by atoms with Crippen molar-refractivity contribution in [2.75, 3.05) is 6.61 Å². The average Bonchev–Trinajstić information content (AvgIpc) is 2.86. The number of aliphatic carboxylic acids is 1. The van der Waals surface area contributed by atoms with Crippen LogP contribution in [0.15, 0.2) is 40.8 Å². The molecule has 26 heavy (non-hydrogen) atoms. The number of fused-ring (bicyclic) bond motifs is 1. The number of carbonyl (C=O) groups is 2. The predicted octanol–water partition coefficient (Wildman–Crippen LogP) is 3.71. The molecule has 136 valence electrons. The highest BCUT2D eigenvalue weighted by molar-refractivity contribution is 8.26. The molecular formula is C19H19NO4S2. The van der Waals surface area contributed by atoms with Gasteiger partial charge in [0.15, 0.2) is 0 Å². The summed E-state index contributed by atoms with van der Waals surface area (Å²) in [4.78, 5) is 26.1. The molecule has 1 saturated heterocycles. The van der Waals surface area contributed by atoms with E-state index >= 15 is 0 Å². The van der Waals surface area contributed by atoms with Crippen molar-refractivity contribution in [2.24, 2.45) is 5.92 Å². The zero-order valence-corrected chi connectivity index (χ0v) is 16.1. The second kappa shape index (κ2) is 7.63. The van der Waals surface area contributed by atoms with Gasteiger partial charge in [-0.1, -0.05) is 56.0 Å². The first-order valence-corrected chi connectivity index (χ1v) is 9.51. The maximum Gasteiger partial charge on any atom is 0.326 e. The van der Waals surface area contributed by atoms with Crippen LogP contribution >= 0.6 is 24.0 Å². The van der Waals surface area contributed by atoms with Gasteiger partial charge in [0.05, 0.1) is 4.91 Å². The molecule has 3 rings (SSSR count). The van der Waals surface area contributed by atoms with Gasteiger partial charge in [0.2, 0.25) is 0 Å². The molecule has 2 aliphatic heterocycles. The van der Waals surface area contributed by atoms with E-state index in [-0.39, 0.29) is 16.1 Å². The van der Waals surface area contributed by atoms with Crippen molar-refractivity contribution >= 4 is 46.3 Å². The summed E-state index contributed by atoms with van der Waals surface area (Å²) in [5, 5.41) is 9.52. The number of thioether (sulfide) groups is 1. The summed E-state index contributed by atoms with van der Waals surface area (Å²) in [6, 6.07) is 6.72. The third-order valence-corrected chi connectivity index (χ3v) is 5.42. The average molecular weight is 389 g/mol. The van der Waals surface area contributed by atoms with Crippen molar-refractivity contribution in [1.29, 1.82) is 0 Å². The number of benzene rings is 1. The lowest BCUT2D eigenvalue weighted by Crippen LogP contribution is -2.44. The van der Waals surface area contributed by atoms with Crippen LogP contribution in [-0.2, 0) is 9.59 Å². The summed E-state index contributed by atoms with van der Waals surface area (Å²) in [6.07, 6.45) is 4.06. The van der Waals surface area contributed by atoms with Gasteiger partial charge in [0.25, 0.3) is 5.91 Å². The lowest BCUT2D eigenvalue weighted by molar-refractivity contribution is -0.145. The fourth-order valence-corrected chi connectivity index (χ4v) is 4.27. The van der Waals surface area contributed by atoms with Gasteiger partial charge in [-0.25, -0.2) is 4.79 Å². The first-order valence-electron chi connectivity index (χ1n) is 8.29. The Labute approximate surface area is 161 Å². The quantitative estimate of drug-likeness (QED) is 0.612. The van der Waals surface area contributed by atoms with Crippen LogP contribution in [0, 0.1) is 5.92 Å². The number of hydrogen-bond acceptors (Lipinski definition) is 5. The van der Waals surface area contributed by atoms with Crippen molar-refractivity contribution in [2.45, 2.75) is 26.3 Å². The maximum atomic E-state index is 12.8. The second-order valence-electron chi connectivity index (χ2n) is 6.58. The third-order valence-electron chi connectivity index (χ3n) is 4.09. The summed E-state index contributed by atoms with van der Waals surface area (Å²) in [7, 11) is 0. The Kier molecular flexibility index (Phi) is 5.48. The van der Waals surface area contributed by atoms with E-state index < -0.39 is 12.0 Å². The summed E-state index contributed by atoms with van der Waals surface area (Å²) in [6.45, 7) is 4.20. The van der Waals surface area contributed by atoms with E-state index in [1.165, 1.54) is 4.90 Å². The molecule has 2 heterocycles. The fraction of sp³-hybridized carbons (Fsp3) is 0.316. The van der Waals surface area contributed by atoms with Crippen LogP contribution in [0.25, 0.3) is 6.08 Å². The van der Waals surface area contributed by atoms with E-state index in [0.717, 1.165) is 28.6 Å². The lowest BCUT2D eigenvalue weighted by Gasteiger charge is -2.24. The first kappa shape index (κ1) is 18.7. The molecule has 0 aromatic heterocycles. The topological polar surface area (TPSA) is 66.8 Å². The number of hydrogen-bond donors (Lipinski definition) is 1. The summed E-state index contributed by atoms with van der Waals surface area (Å²) in [5.41, 5.74) is 1.80. The van der Waals surface area contributed by atoms with Crippen molar-refractivity contribution in [3.8, 4) is 5.75 Å². The van der Waals surface area contributed by atoms with Crippen LogP contribution in [0.3, 0.4) is 0 Å². The molecule has 2 aliphatic rings. The van der Waals surface area contributed by atoms with E-state index in [2.05, 4.69) is 0 Å². The van der Waals surface area contributed by atoms with E-state index in [1.807, 2.05) is 44.2 Å². The van der Waals surface area contributed by atoms with Crippen molar-refractivity contribution in [3.05, 3.63) is 46.4 Å². The minimum absolute atomic E-state index is 0.135. The SMILES string of the molecule is CC(C)CC(C(=O)O)N1C(=O)/C(=C/C2=Cc3ccccc3OC2)SC1=S. The standard InChI is InChI=1S/C19H19NO4S2/c1-11(2)7-14(18(22)23)20-17(21)16(26-19(20)25)9-12-8-13-5-3-4-6-15(13)24-10-12/h3-6,8-9,11,14H,7,10H2,1-2H3,(H,22,23)/b16-9-. The van der Waals surface area contributed by atoms with Gasteiger partial charge >= 0.3 is 5.97 Å². The molecule has 0 radical (unpaired) electrons. The number of thiocarbonyl (C=S) groups is 1. The van der Waals surface area contributed by atoms with E-state index in [9.17, 15) is 14.7 Å². The monoisotopic (exact) mass is 389 g/mol. The number of amides is 1. The van der Waals surface area contributed by atoms with Crippen LogP contribution in [0.4, 0.5) is 0 Å². The summed E-state index contributed by atoms with van der Waals surface area (Å²) >= 11 is 6.43. The van der Waals surface area contributed by atoms with Gasteiger partial charge < -0.3 is 9.84 Å². The molecule has 1 aromatic rings. The molecule has 1 unspecified atom stereocenters. The lowest BCUT2D eigenvalue weighted by atomic mass is 10.0. The number of para-hydroxylation sites is 1. The summed E-state index contributed by atoms with van der Waals surface area (Å²) < 4.78 is 5.98. The smallest absolute Gasteiger partial charge is 0.326 e. The molecule has 0 aliphatic carbocycles. The molecule has 7 heteroatoms. The van der Waals surface area contributed by atoms with Gasteiger partial charge in [-0.3, -0.25) is 9.69 Å². The first-order chi connectivity index (χ1) is 12.4. The molecule has 1 atom stereocenters. The maximum absolute atomic E-state index is 12.8. The van der Waals surface area contributed by atoms with Crippen LogP contribution in [-0.4, -0.2) is 38.9 Å². The molecule has 5 nitrogen and oxygen atoms in total. The Morgan fingerprint density at radius 3 is 2.85 bits per heavy atom. The number of carboxylic acid groups (broad SMARTS) is 1. The van der Waals surface area contributed by atoms with Gasteiger partial charge in [-0.05, 0) is 36.1 Å². The van der Waals surface area contributed by atoms with Gasteiger partial charge in [-0.15, -0.1) is 0 Å². The molecule has 1 aromatic carbocycles. The highest BCUT2D eigenvalue weighted by Crippen LogP contribution is 2.36. The number of carbonyl (C=O) groups excluding carboxylic acids is 1. The molecule has 0 saturated carbocycles. The van der Waals surface area contributed by atoms with Gasteiger partial charge in [-0.2, -0.15) is 0 Å². The van der Waals surface area contributed by atoms with Crippen molar-refractivity contribution in [3.63, 3.8) is 0 Å². The minimum atomic E-state index is -1.04. The van der Waals surface area contributed by atoms with E-state index in [4.69, 9.17) is 17.0 Å². The normalized spacial score (nSPS) is 19.4.